The molecule has 2 atom stereocenters. The number of fused-ring (bicyclic) bond motifs is 1. The fraction of sp³-hybridized carbons (Fsp3) is 0.227. The highest BCUT2D eigenvalue weighted by Crippen LogP contribution is 2.42. The van der Waals surface area contributed by atoms with Crippen molar-refractivity contribution in [2.75, 3.05) is 17.2 Å². The third kappa shape index (κ3) is 3.59. The number of nitrogens with zero attached hydrogens (tertiary/aromatic N) is 6. The van der Waals surface area contributed by atoms with E-state index in [1.807, 2.05) is 11.8 Å². The van der Waals surface area contributed by atoms with E-state index in [0.29, 0.717) is 23.9 Å². The van der Waals surface area contributed by atoms with Crippen LogP contribution in [0.1, 0.15) is 36.1 Å². The molecule has 3 aromatic heterocycles. The highest BCUT2D eigenvalue weighted by molar-refractivity contribution is 7.59. The van der Waals surface area contributed by atoms with Crippen LogP contribution >= 0.6 is 13.5 Å². The number of aromatic nitrogens is 5. The van der Waals surface area contributed by atoms with Gasteiger partial charge in [-0.05, 0) is 37.3 Å². The molecule has 12 heteroatoms. The second kappa shape index (κ2) is 8.52. The molecule has 34 heavy (non-hydrogen) atoms. The van der Waals surface area contributed by atoms with Crippen LogP contribution in [0, 0.1) is 17.6 Å². The van der Waals surface area contributed by atoms with Gasteiger partial charge < -0.3 is 10.6 Å². The minimum Gasteiger partial charge on any atom is -0.368 e. The Hall–Kier alpha value is -3.80. The molecule has 9 nitrogen and oxygen atoms in total. The summed E-state index contributed by atoms with van der Waals surface area (Å²) in [4.78, 5) is 35.6. The molecule has 4 aromatic rings. The Bertz CT molecular complexity index is 1470. The molecule has 0 bridgehead atoms. The van der Waals surface area contributed by atoms with Gasteiger partial charge in [-0.3, -0.25) is 14.2 Å². The first-order valence-electron chi connectivity index (χ1n) is 10.2. The van der Waals surface area contributed by atoms with Gasteiger partial charge in [-0.25, -0.2) is 18.3 Å². The van der Waals surface area contributed by atoms with Crippen molar-refractivity contribution in [3.63, 3.8) is 0 Å². The largest absolute Gasteiger partial charge is 0.368 e. The van der Waals surface area contributed by atoms with Crippen molar-refractivity contribution < 1.29 is 13.6 Å². The molecule has 1 aliphatic rings. The van der Waals surface area contributed by atoms with Gasteiger partial charge in [0.25, 0.3) is 5.56 Å². The van der Waals surface area contributed by atoms with Gasteiger partial charge >= 0.3 is 0 Å². The third-order valence-corrected chi connectivity index (χ3v) is 5.81. The van der Waals surface area contributed by atoms with E-state index < -0.39 is 23.2 Å². The molecule has 5 rings (SSSR count). The van der Waals surface area contributed by atoms with Crippen LogP contribution in [0.2, 0.25) is 0 Å². The smallest absolute Gasteiger partial charge is 0.285 e. The van der Waals surface area contributed by atoms with E-state index in [9.17, 15) is 18.4 Å². The molecule has 0 amide bonds. The zero-order valence-corrected chi connectivity index (χ0v) is 19.2. The normalized spacial score (nSPS) is 17.4. The molecule has 2 N–H and O–H groups in total. The number of ketones is 1. The van der Waals surface area contributed by atoms with Gasteiger partial charge in [-0.1, -0.05) is 6.92 Å². The number of carbonyl (C=O) groups excluding carboxylic acids is 1. The summed E-state index contributed by atoms with van der Waals surface area (Å²) in [5, 5.41) is 4.55. The summed E-state index contributed by atoms with van der Waals surface area (Å²) in [5.41, 5.74) is 5.54. The molecule has 1 aromatic carbocycles. The van der Waals surface area contributed by atoms with Crippen molar-refractivity contribution in [1.29, 1.82) is 0 Å². The Morgan fingerprint density at radius 2 is 1.88 bits per heavy atom. The van der Waals surface area contributed by atoms with Crippen molar-refractivity contribution in [2.45, 2.75) is 19.9 Å². The number of carbonyl (C=O) groups is 1. The van der Waals surface area contributed by atoms with E-state index >= 15 is 0 Å². The predicted octanol–water partition coefficient (Wildman–Crippen LogP) is 2.65. The Morgan fingerprint density at radius 1 is 1.18 bits per heavy atom. The van der Waals surface area contributed by atoms with Crippen LogP contribution in [0.4, 0.5) is 20.5 Å². The minimum atomic E-state index is -0.712. The number of nitrogens with two attached hydrogens (primary N) is 1. The van der Waals surface area contributed by atoms with Crippen LogP contribution in [0.25, 0.3) is 11.2 Å². The van der Waals surface area contributed by atoms with Crippen LogP contribution in [0.15, 0.2) is 47.5 Å². The SMILES string of the molecule is CC(=O)c1cnc(N)nc1N1CC(C)C1c1nn2ccc(F)c2c(=O)n1-c1ccc(F)cc1.S. The van der Waals surface area contributed by atoms with Crippen LogP contribution in [-0.4, -0.2) is 36.5 Å². The molecule has 0 radical (unpaired) electrons. The van der Waals surface area contributed by atoms with E-state index in [4.69, 9.17) is 5.73 Å². The van der Waals surface area contributed by atoms with Crippen molar-refractivity contribution >= 4 is 36.6 Å². The van der Waals surface area contributed by atoms with Gasteiger partial charge in [0.15, 0.2) is 22.9 Å². The lowest BCUT2D eigenvalue weighted by Gasteiger charge is -2.47. The van der Waals surface area contributed by atoms with Crippen LogP contribution in [0.3, 0.4) is 0 Å². The lowest BCUT2D eigenvalue weighted by atomic mass is 9.88. The van der Waals surface area contributed by atoms with E-state index in [2.05, 4.69) is 15.1 Å². The molecule has 0 spiro atoms. The van der Waals surface area contributed by atoms with E-state index in [0.717, 1.165) is 6.07 Å². The standard InChI is InChI=1S/C22H19F2N7O2.H2S/c1-11-10-29(19-15(12(2)32)9-26-22(25)27-19)17(11)20-28-30-8-7-16(24)18(30)21(33)31(20)14-5-3-13(23)4-6-14;/h3-9,11,17H,10H2,1-2H3,(H2,25,26,27);1H2. The molecular formula is C22H21F2N7O2S. The quantitative estimate of drug-likeness (QED) is 0.443. The Morgan fingerprint density at radius 3 is 2.53 bits per heavy atom. The maximum Gasteiger partial charge on any atom is 0.285 e. The van der Waals surface area contributed by atoms with Crippen molar-refractivity contribution in [2.24, 2.45) is 5.92 Å². The lowest BCUT2D eigenvalue weighted by molar-refractivity contribution is 0.101. The van der Waals surface area contributed by atoms with Crippen molar-refractivity contribution in [3.05, 3.63) is 76.1 Å². The van der Waals surface area contributed by atoms with Gasteiger partial charge in [0.2, 0.25) is 5.95 Å². The summed E-state index contributed by atoms with van der Waals surface area (Å²) in [6, 6.07) is 5.94. The number of benzene rings is 1. The highest BCUT2D eigenvalue weighted by atomic mass is 32.1. The molecule has 1 saturated heterocycles. The summed E-state index contributed by atoms with van der Waals surface area (Å²) >= 11 is 0. The number of rotatable bonds is 4. The molecule has 2 unspecified atom stereocenters. The van der Waals surface area contributed by atoms with E-state index in [-0.39, 0.29) is 42.2 Å². The Kier molecular flexibility index (Phi) is 5.86. The predicted molar refractivity (Wildman–Crippen MR) is 127 cm³/mol. The monoisotopic (exact) mass is 485 g/mol. The third-order valence-electron chi connectivity index (χ3n) is 5.81. The van der Waals surface area contributed by atoms with Crippen molar-refractivity contribution in [1.82, 2.24) is 24.1 Å². The van der Waals surface area contributed by atoms with E-state index in [1.54, 1.807) is 0 Å². The molecule has 1 fully saturated rings. The molecular weight excluding hydrogens is 464 g/mol. The zero-order valence-electron chi connectivity index (χ0n) is 18.2. The Labute approximate surface area is 199 Å². The van der Waals surface area contributed by atoms with Gasteiger partial charge in [-0.2, -0.15) is 23.6 Å². The summed E-state index contributed by atoms with van der Waals surface area (Å²) in [6.07, 6.45) is 2.73. The van der Waals surface area contributed by atoms with Gasteiger partial charge in [-0.15, -0.1) is 0 Å². The number of anilines is 2. The van der Waals surface area contributed by atoms with Crippen molar-refractivity contribution in [3.8, 4) is 5.69 Å². The van der Waals surface area contributed by atoms with Gasteiger partial charge in [0.1, 0.15) is 11.6 Å². The highest BCUT2D eigenvalue weighted by Gasteiger charge is 2.43. The first-order chi connectivity index (χ1) is 15.8. The number of Topliss-reactive ketones (excluding diaryl/α,β-unsaturated/α-hetero) is 1. The molecule has 0 aliphatic carbocycles. The second-order valence-electron chi connectivity index (χ2n) is 8.03. The molecule has 4 heterocycles. The second-order valence-corrected chi connectivity index (χ2v) is 8.03. The lowest BCUT2D eigenvalue weighted by Crippen LogP contribution is -2.52. The number of hydrogen-bond acceptors (Lipinski definition) is 7. The summed E-state index contributed by atoms with van der Waals surface area (Å²) in [7, 11) is 0. The van der Waals surface area contributed by atoms with Crippen LogP contribution in [0.5, 0.6) is 0 Å². The molecule has 176 valence electrons. The fourth-order valence-corrected chi connectivity index (χ4v) is 4.24. The minimum absolute atomic E-state index is 0. The summed E-state index contributed by atoms with van der Waals surface area (Å²) in [6.45, 7) is 3.87. The summed E-state index contributed by atoms with van der Waals surface area (Å²) in [5.74, 6) is -0.807. The van der Waals surface area contributed by atoms with Gasteiger partial charge in [0.05, 0.1) is 17.3 Å². The van der Waals surface area contributed by atoms with Crippen LogP contribution < -0.4 is 16.2 Å². The number of nitrogen functional groups attached to an aromatic ring is 1. The zero-order chi connectivity index (χ0) is 23.4. The number of halogens is 2. The fourth-order valence-electron chi connectivity index (χ4n) is 4.24. The first-order valence-corrected chi connectivity index (χ1v) is 10.2. The molecule has 1 aliphatic heterocycles. The maximum atomic E-state index is 14.4. The average Bonchev–Trinajstić information content (AvgIpc) is 3.13. The van der Waals surface area contributed by atoms with Gasteiger partial charge in [0, 0.05) is 24.9 Å². The van der Waals surface area contributed by atoms with E-state index in [1.165, 1.54) is 52.7 Å². The summed E-state index contributed by atoms with van der Waals surface area (Å²) < 4.78 is 30.4. The first kappa shape index (κ1) is 23.4. The maximum absolute atomic E-state index is 14.4. The Balaban J connectivity index is 0.00000274. The topological polar surface area (TPSA) is 111 Å². The number of hydrogen-bond donors (Lipinski definition) is 1. The molecule has 0 saturated carbocycles. The average molecular weight is 486 g/mol. The van der Waals surface area contributed by atoms with Crippen LogP contribution in [-0.2, 0) is 0 Å².